The Balaban J connectivity index is 2.73. The highest BCUT2D eigenvalue weighted by atomic mass is 79.9. The molecule has 0 fully saturated rings. The van der Waals surface area contributed by atoms with Gasteiger partial charge in [0, 0.05) is 10.5 Å². The number of halogens is 1. The van der Waals surface area contributed by atoms with Crippen LogP contribution in [-0.2, 0) is 6.42 Å². The summed E-state index contributed by atoms with van der Waals surface area (Å²) in [5, 5.41) is 0. The maximum absolute atomic E-state index is 6.02. The lowest BCUT2D eigenvalue weighted by Gasteiger charge is -2.15. The first-order valence-electron chi connectivity index (χ1n) is 5.01. The van der Waals surface area contributed by atoms with E-state index in [1.54, 1.807) is 0 Å². The third-order valence-electron chi connectivity index (χ3n) is 2.55. The average Bonchev–Trinajstić information content (AvgIpc) is 2.11. The molecule has 0 aromatic heterocycles. The summed E-state index contributed by atoms with van der Waals surface area (Å²) in [6.45, 7) is 6.43. The van der Waals surface area contributed by atoms with Crippen molar-refractivity contribution in [3.63, 3.8) is 0 Å². The van der Waals surface area contributed by atoms with Crippen LogP contribution in [0.3, 0.4) is 0 Å². The quantitative estimate of drug-likeness (QED) is 0.882. The van der Waals surface area contributed by atoms with Crippen LogP contribution in [0.2, 0.25) is 0 Å². The van der Waals surface area contributed by atoms with Crippen molar-refractivity contribution in [3.8, 4) is 0 Å². The van der Waals surface area contributed by atoms with Crippen molar-refractivity contribution in [2.75, 3.05) is 0 Å². The Morgan fingerprint density at radius 1 is 1.36 bits per heavy atom. The fraction of sp³-hybridized carbons (Fsp3) is 0.500. The van der Waals surface area contributed by atoms with E-state index in [0.29, 0.717) is 5.92 Å². The summed E-state index contributed by atoms with van der Waals surface area (Å²) in [5.41, 5.74) is 8.63. The topological polar surface area (TPSA) is 26.0 Å². The second-order valence-corrected chi connectivity index (χ2v) is 5.05. The highest BCUT2D eigenvalue weighted by Gasteiger charge is 2.08. The Kier molecular flexibility index (Phi) is 4.14. The Bertz CT molecular complexity index is 307. The van der Waals surface area contributed by atoms with Gasteiger partial charge in [0.25, 0.3) is 0 Å². The van der Waals surface area contributed by atoms with Gasteiger partial charge in [-0.1, -0.05) is 41.9 Å². The molecular weight excluding hydrogens is 238 g/mol. The van der Waals surface area contributed by atoms with Gasteiger partial charge in [-0.3, -0.25) is 0 Å². The summed E-state index contributed by atoms with van der Waals surface area (Å²) >= 11 is 3.49. The molecule has 2 N–H and O–H groups in total. The summed E-state index contributed by atoms with van der Waals surface area (Å²) in [7, 11) is 0. The van der Waals surface area contributed by atoms with Gasteiger partial charge in [0.2, 0.25) is 0 Å². The number of hydrogen-bond donors (Lipinski definition) is 1. The highest BCUT2D eigenvalue weighted by molar-refractivity contribution is 9.10. The van der Waals surface area contributed by atoms with E-state index in [4.69, 9.17) is 5.73 Å². The smallest absolute Gasteiger partial charge is 0.0204 e. The maximum Gasteiger partial charge on any atom is 0.0204 e. The van der Waals surface area contributed by atoms with Crippen LogP contribution in [0.4, 0.5) is 0 Å². The van der Waals surface area contributed by atoms with Crippen molar-refractivity contribution in [2.45, 2.75) is 33.2 Å². The molecule has 0 amide bonds. The van der Waals surface area contributed by atoms with E-state index in [0.717, 1.165) is 6.42 Å². The summed E-state index contributed by atoms with van der Waals surface area (Å²) in [5.74, 6) is 0.541. The predicted molar refractivity (Wildman–Crippen MR) is 65.4 cm³/mol. The van der Waals surface area contributed by atoms with Crippen molar-refractivity contribution in [1.29, 1.82) is 0 Å². The zero-order valence-electron chi connectivity index (χ0n) is 9.05. The minimum absolute atomic E-state index is 0.260. The van der Waals surface area contributed by atoms with Crippen LogP contribution >= 0.6 is 15.9 Å². The van der Waals surface area contributed by atoms with Gasteiger partial charge in [-0.05, 0) is 36.5 Å². The van der Waals surface area contributed by atoms with Gasteiger partial charge in [-0.2, -0.15) is 0 Å². The first-order chi connectivity index (χ1) is 6.50. The molecule has 0 saturated carbocycles. The molecule has 0 aliphatic heterocycles. The SMILES string of the molecule is Cc1cc(CC(N)C(C)C)ccc1Br. The first-order valence-corrected chi connectivity index (χ1v) is 5.80. The molecule has 1 nitrogen and oxygen atoms in total. The number of nitrogens with two attached hydrogens (primary N) is 1. The molecule has 1 unspecified atom stereocenters. The van der Waals surface area contributed by atoms with Crippen LogP contribution in [0.15, 0.2) is 22.7 Å². The molecule has 2 heteroatoms. The third kappa shape index (κ3) is 3.10. The first kappa shape index (κ1) is 11.7. The third-order valence-corrected chi connectivity index (χ3v) is 3.44. The maximum atomic E-state index is 6.02. The van der Waals surface area contributed by atoms with Gasteiger partial charge in [0.15, 0.2) is 0 Å². The minimum atomic E-state index is 0.260. The van der Waals surface area contributed by atoms with Crippen LogP contribution in [0.1, 0.15) is 25.0 Å². The lowest BCUT2D eigenvalue weighted by molar-refractivity contribution is 0.490. The average molecular weight is 256 g/mol. The second kappa shape index (κ2) is 4.94. The molecule has 1 rings (SSSR count). The Hall–Kier alpha value is -0.340. The fourth-order valence-corrected chi connectivity index (χ4v) is 1.59. The van der Waals surface area contributed by atoms with E-state index in [9.17, 15) is 0 Å². The Morgan fingerprint density at radius 2 is 2.00 bits per heavy atom. The molecule has 0 heterocycles. The summed E-state index contributed by atoms with van der Waals surface area (Å²) in [6, 6.07) is 6.69. The molecule has 1 aromatic rings. The van der Waals surface area contributed by atoms with Gasteiger partial charge >= 0.3 is 0 Å². The van der Waals surface area contributed by atoms with Crippen molar-refractivity contribution < 1.29 is 0 Å². The zero-order chi connectivity index (χ0) is 10.7. The van der Waals surface area contributed by atoms with E-state index in [2.05, 4.69) is 54.9 Å². The molecule has 78 valence electrons. The molecule has 1 aromatic carbocycles. The van der Waals surface area contributed by atoms with Crippen LogP contribution in [0.5, 0.6) is 0 Å². The molecule has 14 heavy (non-hydrogen) atoms. The highest BCUT2D eigenvalue weighted by Crippen LogP contribution is 2.18. The predicted octanol–water partition coefficient (Wildman–Crippen LogP) is 3.28. The van der Waals surface area contributed by atoms with Gasteiger partial charge in [-0.25, -0.2) is 0 Å². The molecule has 0 spiro atoms. The molecule has 1 atom stereocenters. The van der Waals surface area contributed by atoms with E-state index >= 15 is 0 Å². The van der Waals surface area contributed by atoms with Crippen LogP contribution in [0, 0.1) is 12.8 Å². The Labute approximate surface area is 94.8 Å². The Morgan fingerprint density at radius 3 is 2.50 bits per heavy atom. The fourth-order valence-electron chi connectivity index (χ4n) is 1.34. The van der Waals surface area contributed by atoms with E-state index in [1.165, 1.54) is 15.6 Å². The monoisotopic (exact) mass is 255 g/mol. The summed E-state index contributed by atoms with van der Waals surface area (Å²) in [4.78, 5) is 0. The molecule has 0 aliphatic carbocycles. The van der Waals surface area contributed by atoms with Crippen molar-refractivity contribution in [1.82, 2.24) is 0 Å². The molecule has 0 radical (unpaired) electrons. The zero-order valence-corrected chi connectivity index (χ0v) is 10.6. The van der Waals surface area contributed by atoms with Crippen molar-refractivity contribution >= 4 is 15.9 Å². The normalized spacial score (nSPS) is 13.3. The summed E-state index contributed by atoms with van der Waals surface area (Å²) < 4.78 is 1.17. The van der Waals surface area contributed by atoms with E-state index < -0.39 is 0 Å². The molecule has 0 saturated heterocycles. The van der Waals surface area contributed by atoms with E-state index in [1.807, 2.05) is 0 Å². The lowest BCUT2D eigenvalue weighted by Crippen LogP contribution is -2.28. The standard InChI is InChI=1S/C12H18BrN/c1-8(2)12(14)7-10-4-5-11(13)9(3)6-10/h4-6,8,12H,7,14H2,1-3H3. The van der Waals surface area contributed by atoms with Gasteiger partial charge in [0.1, 0.15) is 0 Å². The van der Waals surface area contributed by atoms with Crippen LogP contribution < -0.4 is 5.73 Å². The van der Waals surface area contributed by atoms with E-state index in [-0.39, 0.29) is 6.04 Å². The number of aryl methyl sites for hydroxylation is 1. The summed E-state index contributed by atoms with van der Waals surface area (Å²) in [6.07, 6.45) is 0.964. The van der Waals surface area contributed by atoms with Crippen molar-refractivity contribution in [2.24, 2.45) is 11.7 Å². The van der Waals surface area contributed by atoms with Crippen LogP contribution in [0.25, 0.3) is 0 Å². The molecular formula is C12H18BrN. The van der Waals surface area contributed by atoms with Gasteiger partial charge in [-0.15, -0.1) is 0 Å². The molecule has 0 bridgehead atoms. The number of benzene rings is 1. The second-order valence-electron chi connectivity index (χ2n) is 4.20. The van der Waals surface area contributed by atoms with Gasteiger partial charge in [0.05, 0.1) is 0 Å². The number of hydrogen-bond acceptors (Lipinski definition) is 1. The largest absolute Gasteiger partial charge is 0.327 e. The van der Waals surface area contributed by atoms with Crippen LogP contribution in [-0.4, -0.2) is 6.04 Å². The van der Waals surface area contributed by atoms with Gasteiger partial charge < -0.3 is 5.73 Å². The minimum Gasteiger partial charge on any atom is -0.327 e. The lowest BCUT2D eigenvalue weighted by atomic mass is 9.97. The number of rotatable bonds is 3. The molecule has 0 aliphatic rings. The van der Waals surface area contributed by atoms with Crippen molar-refractivity contribution in [3.05, 3.63) is 33.8 Å².